The van der Waals surface area contributed by atoms with Crippen LogP contribution in [0.3, 0.4) is 0 Å². The minimum atomic E-state index is -0.160. The number of methoxy groups -OCH3 is 1. The second-order valence-corrected chi connectivity index (χ2v) is 5.18. The molecule has 120 valence electrons. The van der Waals surface area contributed by atoms with Gasteiger partial charge in [0.2, 0.25) is 0 Å². The van der Waals surface area contributed by atoms with Crippen molar-refractivity contribution >= 4 is 17.4 Å². The molecule has 0 atom stereocenters. The Hall–Kier alpha value is -2.60. The highest BCUT2D eigenvalue weighted by molar-refractivity contribution is 6.04. The molecule has 23 heavy (non-hydrogen) atoms. The van der Waals surface area contributed by atoms with E-state index in [0.717, 1.165) is 30.3 Å². The molecule has 1 saturated heterocycles. The molecule has 0 unspecified atom stereocenters. The number of benzene rings is 1. The number of carbonyl (C=O) groups excluding carboxylic acids is 1. The Bertz CT molecular complexity index is 667. The quantitative estimate of drug-likeness (QED) is 0.937. The maximum absolute atomic E-state index is 12.4. The monoisotopic (exact) mass is 313 g/mol. The van der Waals surface area contributed by atoms with Crippen LogP contribution in [-0.2, 0) is 4.74 Å². The van der Waals surface area contributed by atoms with Crippen LogP contribution < -0.4 is 15.0 Å². The van der Waals surface area contributed by atoms with Crippen molar-refractivity contribution in [1.29, 1.82) is 0 Å². The highest BCUT2D eigenvalue weighted by Gasteiger charge is 2.14. The predicted molar refractivity (Wildman–Crippen MR) is 88.2 cm³/mol. The topological polar surface area (TPSA) is 63.7 Å². The summed E-state index contributed by atoms with van der Waals surface area (Å²) in [6, 6.07) is 10.7. The van der Waals surface area contributed by atoms with Gasteiger partial charge in [0, 0.05) is 30.5 Å². The lowest BCUT2D eigenvalue weighted by atomic mass is 10.2. The van der Waals surface area contributed by atoms with Crippen molar-refractivity contribution in [3.8, 4) is 5.75 Å². The molecule has 0 aliphatic carbocycles. The van der Waals surface area contributed by atoms with E-state index in [1.807, 2.05) is 6.07 Å². The lowest BCUT2D eigenvalue weighted by Crippen LogP contribution is -2.36. The van der Waals surface area contributed by atoms with E-state index in [1.165, 1.54) is 0 Å². The van der Waals surface area contributed by atoms with Gasteiger partial charge in [-0.15, -0.1) is 0 Å². The molecule has 1 aliphatic heterocycles. The van der Waals surface area contributed by atoms with Crippen LogP contribution in [0.25, 0.3) is 0 Å². The molecule has 1 fully saturated rings. The van der Waals surface area contributed by atoms with Gasteiger partial charge in [-0.25, -0.2) is 4.98 Å². The molecule has 1 aromatic carbocycles. The summed E-state index contributed by atoms with van der Waals surface area (Å²) in [5.74, 6) is 1.39. The fraction of sp³-hybridized carbons (Fsp3) is 0.294. The van der Waals surface area contributed by atoms with E-state index in [9.17, 15) is 4.79 Å². The standard InChI is InChI=1S/C17H19N3O3/c1-22-15-4-2-14(3-5-15)19-17(21)13-6-7-18-16(12-13)20-8-10-23-11-9-20/h2-7,12H,8-11H2,1H3,(H,19,21). The highest BCUT2D eigenvalue weighted by atomic mass is 16.5. The van der Waals surface area contributed by atoms with Gasteiger partial charge in [0.25, 0.3) is 5.91 Å². The molecule has 2 heterocycles. The second kappa shape index (κ2) is 7.11. The Labute approximate surface area is 135 Å². The molecular formula is C17H19N3O3. The van der Waals surface area contributed by atoms with Crippen LogP contribution in [0, 0.1) is 0 Å². The first-order valence-corrected chi connectivity index (χ1v) is 7.50. The summed E-state index contributed by atoms with van der Waals surface area (Å²) < 4.78 is 10.4. The number of aromatic nitrogens is 1. The SMILES string of the molecule is COc1ccc(NC(=O)c2ccnc(N3CCOCC3)c2)cc1. The van der Waals surface area contributed by atoms with Crippen LogP contribution in [-0.4, -0.2) is 44.3 Å². The molecule has 6 nitrogen and oxygen atoms in total. The van der Waals surface area contributed by atoms with E-state index >= 15 is 0 Å². The van der Waals surface area contributed by atoms with Gasteiger partial charge in [0.05, 0.1) is 20.3 Å². The Morgan fingerprint density at radius 1 is 1.22 bits per heavy atom. The van der Waals surface area contributed by atoms with Crippen molar-refractivity contribution in [1.82, 2.24) is 4.98 Å². The fourth-order valence-corrected chi connectivity index (χ4v) is 2.40. The van der Waals surface area contributed by atoms with Crippen LogP contribution in [0.2, 0.25) is 0 Å². The van der Waals surface area contributed by atoms with Crippen molar-refractivity contribution in [2.24, 2.45) is 0 Å². The van der Waals surface area contributed by atoms with E-state index in [1.54, 1.807) is 43.6 Å². The first kappa shape index (κ1) is 15.3. The van der Waals surface area contributed by atoms with E-state index < -0.39 is 0 Å². The summed E-state index contributed by atoms with van der Waals surface area (Å²) in [4.78, 5) is 18.9. The number of morpholine rings is 1. The molecule has 0 bridgehead atoms. The van der Waals surface area contributed by atoms with Crippen molar-refractivity contribution in [2.45, 2.75) is 0 Å². The van der Waals surface area contributed by atoms with Gasteiger partial charge in [0.1, 0.15) is 11.6 Å². The largest absolute Gasteiger partial charge is 0.497 e. The molecule has 1 aliphatic rings. The van der Waals surface area contributed by atoms with Gasteiger partial charge in [-0.2, -0.15) is 0 Å². The summed E-state index contributed by atoms with van der Waals surface area (Å²) in [5.41, 5.74) is 1.30. The lowest BCUT2D eigenvalue weighted by Gasteiger charge is -2.27. The first-order valence-electron chi connectivity index (χ1n) is 7.50. The van der Waals surface area contributed by atoms with Crippen LogP contribution in [0.4, 0.5) is 11.5 Å². The Morgan fingerprint density at radius 3 is 2.65 bits per heavy atom. The molecule has 2 aromatic rings. The molecule has 3 rings (SSSR count). The van der Waals surface area contributed by atoms with Gasteiger partial charge in [0.15, 0.2) is 0 Å². The van der Waals surface area contributed by atoms with E-state index in [4.69, 9.17) is 9.47 Å². The molecule has 0 saturated carbocycles. The maximum atomic E-state index is 12.4. The smallest absolute Gasteiger partial charge is 0.255 e. The first-order chi connectivity index (χ1) is 11.3. The van der Waals surface area contributed by atoms with Gasteiger partial charge in [-0.3, -0.25) is 4.79 Å². The molecule has 1 amide bonds. The minimum Gasteiger partial charge on any atom is -0.497 e. The maximum Gasteiger partial charge on any atom is 0.255 e. The summed E-state index contributed by atoms with van der Waals surface area (Å²) in [5, 5.41) is 2.87. The second-order valence-electron chi connectivity index (χ2n) is 5.18. The lowest BCUT2D eigenvalue weighted by molar-refractivity contribution is 0.102. The summed E-state index contributed by atoms with van der Waals surface area (Å²) in [6.07, 6.45) is 1.66. The van der Waals surface area contributed by atoms with E-state index in [0.29, 0.717) is 18.8 Å². The number of hydrogen-bond acceptors (Lipinski definition) is 5. The molecule has 0 radical (unpaired) electrons. The van der Waals surface area contributed by atoms with Crippen molar-refractivity contribution in [2.75, 3.05) is 43.6 Å². The summed E-state index contributed by atoms with van der Waals surface area (Å²) >= 11 is 0. The molecular weight excluding hydrogens is 294 g/mol. The average molecular weight is 313 g/mol. The third kappa shape index (κ3) is 3.78. The normalized spacial score (nSPS) is 14.4. The van der Waals surface area contributed by atoms with Crippen molar-refractivity contribution in [3.63, 3.8) is 0 Å². The van der Waals surface area contributed by atoms with Gasteiger partial charge < -0.3 is 19.7 Å². The van der Waals surface area contributed by atoms with Crippen LogP contribution in [0.1, 0.15) is 10.4 Å². The Kier molecular flexibility index (Phi) is 4.73. The van der Waals surface area contributed by atoms with Crippen molar-refractivity contribution in [3.05, 3.63) is 48.2 Å². The number of ether oxygens (including phenoxy) is 2. The van der Waals surface area contributed by atoms with Crippen LogP contribution >= 0.6 is 0 Å². The number of amides is 1. The predicted octanol–water partition coefficient (Wildman–Crippen LogP) is 2.18. The highest BCUT2D eigenvalue weighted by Crippen LogP contribution is 2.18. The summed E-state index contributed by atoms with van der Waals surface area (Å²) in [7, 11) is 1.61. The molecule has 1 aromatic heterocycles. The van der Waals surface area contributed by atoms with Gasteiger partial charge >= 0.3 is 0 Å². The summed E-state index contributed by atoms with van der Waals surface area (Å²) in [6.45, 7) is 2.95. The zero-order valence-corrected chi connectivity index (χ0v) is 13.0. The number of rotatable bonds is 4. The third-order valence-electron chi connectivity index (χ3n) is 3.69. The Morgan fingerprint density at radius 2 is 1.96 bits per heavy atom. The van der Waals surface area contributed by atoms with E-state index in [-0.39, 0.29) is 5.91 Å². The number of nitrogens with zero attached hydrogens (tertiary/aromatic N) is 2. The zero-order valence-electron chi connectivity index (χ0n) is 13.0. The Balaban J connectivity index is 1.71. The van der Waals surface area contributed by atoms with E-state index in [2.05, 4.69) is 15.2 Å². The van der Waals surface area contributed by atoms with Crippen LogP contribution in [0.5, 0.6) is 5.75 Å². The fourth-order valence-electron chi connectivity index (χ4n) is 2.40. The number of hydrogen-bond donors (Lipinski definition) is 1. The third-order valence-corrected chi connectivity index (χ3v) is 3.69. The number of nitrogens with one attached hydrogen (secondary N) is 1. The number of carbonyl (C=O) groups is 1. The number of pyridine rings is 1. The minimum absolute atomic E-state index is 0.160. The van der Waals surface area contributed by atoms with Crippen molar-refractivity contribution < 1.29 is 14.3 Å². The molecule has 6 heteroatoms. The van der Waals surface area contributed by atoms with Crippen LogP contribution in [0.15, 0.2) is 42.6 Å². The average Bonchev–Trinajstić information content (AvgIpc) is 2.63. The number of anilines is 2. The zero-order chi connectivity index (χ0) is 16.1. The van der Waals surface area contributed by atoms with Gasteiger partial charge in [-0.05, 0) is 36.4 Å². The van der Waals surface area contributed by atoms with Gasteiger partial charge in [-0.1, -0.05) is 0 Å². The molecule has 1 N–H and O–H groups in total. The molecule has 0 spiro atoms.